The number of aldehydes is 1. The number of esters is 1. The molecule has 0 saturated carbocycles. The molecule has 2 saturated heterocycles. The first-order valence-electron chi connectivity index (χ1n) is 22.7. The molecule has 3 aliphatic heterocycles. The highest BCUT2D eigenvalue weighted by atomic mass is 35.5. The van der Waals surface area contributed by atoms with Crippen molar-refractivity contribution in [2.24, 2.45) is 11.1 Å². The first-order valence-corrected chi connectivity index (χ1v) is 23.5. The number of methoxy groups -OCH3 is 2. The Bertz CT molecular complexity index is 2020. The van der Waals surface area contributed by atoms with Gasteiger partial charge in [0.15, 0.2) is 30.7 Å². The largest absolute Gasteiger partial charge is 0.505 e. The van der Waals surface area contributed by atoms with E-state index < -0.39 is 96.6 Å². The van der Waals surface area contributed by atoms with Crippen LogP contribution in [0.2, 0.25) is 10.0 Å². The molecule has 19 heteroatoms. The summed E-state index contributed by atoms with van der Waals surface area (Å²) in [7, 11) is 2.91. The second kappa shape index (κ2) is 27.2. The summed E-state index contributed by atoms with van der Waals surface area (Å²) in [5.74, 6) is -1.70. The van der Waals surface area contributed by atoms with E-state index in [4.69, 9.17) is 56.4 Å². The minimum absolute atomic E-state index is 0.0115. The number of aliphatic hydroxyl groups excluding tert-OH is 4. The van der Waals surface area contributed by atoms with E-state index in [1.54, 1.807) is 45.9 Å². The predicted molar refractivity (Wildman–Crippen MR) is 256 cm³/mol. The van der Waals surface area contributed by atoms with Crippen molar-refractivity contribution >= 4 is 35.5 Å². The predicted octanol–water partition coefficient (Wildman–Crippen LogP) is 7.12. The fourth-order valence-electron chi connectivity index (χ4n) is 8.16. The molecular formula is C49H71Cl2NO16. The highest BCUT2D eigenvalue weighted by Crippen LogP contribution is 2.44. The minimum atomic E-state index is -1.50. The zero-order valence-electron chi connectivity index (χ0n) is 40.8. The van der Waals surface area contributed by atoms with Crippen LogP contribution in [-0.4, -0.2) is 143 Å². The van der Waals surface area contributed by atoms with Crippen LogP contribution in [0.1, 0.15) is 104 Å². The van der Waals surface area contributed by atoms with Gasteiger partial charge in [-0.25, -0.2) is 4.79 Å². The lowest BCUT2D eigenvalue weighted by molar-refractivity contribution is -0.300. The highest BCUT2D eigenvalue weighted by Gasteiger charge is 2.51. The van der Waals surface area contributed by atoms with E-state index in [0.717, 1.165) is 11.1 Å². The number of hydrogen-bond donors (Lipinski definition) is 6. The summed E-state index contributed by atoms with van der Waals surface area (Å²) in [5.41, 5.74) is 1.72. The van der Waals surface area contributed by atoms with Gasteiger partial charge in [0.1, 0.15) is 47.4 Å². The fraction of sp³-hybridized carbons (Fsp3) is 0.633. The summed E-state index contributed by atoms with van der Waals surface area (Å²) in [6.07, 6.45) is 3.33. The number of nitroso groups, excluding NO2 is 1. The summed E-state index contributed by atoms with van der Waals surface area (Å²) in [6.45, 7) is 16.0. The Balaban J connectivity index is 0.000000745. The van der Waals surface area contributed by atoms with Crippen molar-refractivity contribution in [2.75, 3.05) is 20.8 Å². The number of carbonyl (C=O) groups is 2. The maximum Gasteiger partial charge on any atom is 0.336 e. The normalized spacial score (nSPS) is 35.4. The minimum Gasteiger partial charge on any atom is -0.505 e. The van der Waals surface area contributed by atoms with Crippen LogP contribution < -0.4 is 0 Å². The van der Waals surface area contributed by atoms with E-state index in [-0.39, 0.29) is 40.1 Å². The van der Waals surface area contributed by atoms with Crippen molar-refractivity contribution in [1.82, 2.24) is 0 Å². The first-order chi connectivity index (χ1) is 32.1. The molecule has 17 nitrogen and oxygen atoms in total. The molecule has 2 fully saturated rings. The number of allylic oxidation sites excluding steroid dienone is 4. The molecule has 1 aromatic carbocycles. The Kier molecular flexibility index (Phi) is 23.5. The molecule has 13 unspecified atom stereocenters. The lowest BCUT2D eigenvalue weighted by Gasteiger charge is -2.46. The molecule has 0 aromatic heterocycles. The number of hydrogen-bond acceptors (Lipinski definition) is 17. The van der Waals surface area contributed by atoms with Crippen LogP contribution in [0.25, 0.3) is 0 Å². The van der Waals surface area contributed by atoms with Gasteiger partial charge in [-0.1, -0.05) is 85.1 Å². The number of halogens is 2. The molecule has 0 amide bonds. The van der Waals surface area contributed by atoms with Crippen LogP contribution in [0.15, 0.2) is 63.9 Å². The van der Waals surface area contributed by atoms with Gasteiger partial charge in [-0.2, -0.15) is 4.91 Å². The van der Waals surface area contributed by atoms with Gasteiger partial charge in [0.2, 0.25) is 0 Å². The second-order valence-electron chi connectivity index (χ2n) is 17.6. The van der Waals surface area contributed by atoms with Crippen LogP contribution in [-0.2, 0) is 44.4 Å². The third-order valence-electron chi connectivity index (χ3n) is 12.4. The Labute approximate surface area is 409 Å². The maximum absolute atomic E-state index is 13.6. The summed E-state index contributed by atoms with van der Waals surface area (Å²) >= 11 is 11.3. The monoisotopic (exact) mass is 999 g/mol. The fourth-order valence-corrected chi connectivity index (χ4v) is 8.73. The zero-order chi connectivity index (χ0) is 51.2. The first kappa shape index (κ1) is 58.8. The number of phenolic OH excluding ortho intramolecular Hbond substituents is 2. The molecule has 0 spiro atoms. The summed E-state index contributed by atoms with van der Waals surface area (Å²) in [4.78, 5) is 36.2. The highest BCUT2D eigenvalue weighted by molar-refractivity contribution is 6.39. The Hall–Kier alpha value is -3.56. The van der Waals surface area contributed by atoms with Crippen LogP contribution in [0.4, 0.5) is 0 Å². The number of carbonyl (C=O) groups excluding carboxylic acids is 2. The van der Waals surface area contributed by atoms with Crippen molar-refractivity contribution in [3.63, 3.8) is 0 Å². The van der Waals surface area contributed by atoms with Crippen molar-refractivity contribution < 1.29 is 73.4 Å². The SMILES string of the molecule is CCC1C/C=C(C)/C=C(\C)C(OC2OC(C)(C)C(O)C(O)C2N=O)C(CC)/C=C(\C)C(O)C/C=C/C=C(\COC2OC(C)C(OC)C(O)C2OC)C(=O)O1.CCc1c(Cl)c(O)c(Cl)c(O)c1C=O. The summed E-state index contributed by atoms with van der Waals surface area (Å²) in [5, 5.41) is 64.9. The van der Waals surface area contributed by atoms with Gasteiger partial charge in [0, 0.05) is 26.6 Å². The second-order valence-corrected chi connectivity index (χ2v) is 18.4. The number of nitrogens with zero attached hydrogens (tertiary/aromatic N) is 1. The van der Waals surface area contributed by atoms with Crippen LogP contribution in [0, 0.1) is 10.8 Å². The topological polar surface area (TPSA) is 250 Å². The van der Waals surface area contributed by atoms with E-state index in [2.05, 4.69) is 5.18 Å². The van der Waals surface area contributed by atoms with E-state index in [0.29, 0.717) is 43.1 Å². The quantitative estimate of drug-likeness (QED) is 0.0528. The molecule has 13 atom stereocenters. The molecule has 1 aromatic rings. The van der Waals surface area contributed by atoms with Crippen molar-refractivity contribution in [3.05, 3.63) is 84.8 Å². The van der Waals surface area contributed by atoms with Crippen LogP contribution in [0.5, 0.6) is 11.5 Å². The van der Waals surface area contributed by atoms with Crippen molar-refractivity contribution in [3.8, 4) is 11.5 Å². The molecule has 68 heavy (non-hydrogen) atoms. The van der Waals surface area contributed by atoms with Crippen molar-refractivity contribution in [2.45, 2.75) is 174 Å². The van der Waals surface area contributed by atoms with Gasteiger partial charge in [-0.3, -0.25) is 4.79 Å². The molecule has 382 valence electrons. The number of aliphatic hydroxyl groups is 4. The molecular weight excluding hydrogens is 929 g/mol. The van der Waals surface area contributed by atoms with Crippen LogP contribution >= 0.6 is 23.2 Å². The van der Waals surface area contributed by atoms with E-state index >= 15 is 0 Å². The molecule has 4 rings (SSSR count). The molecule has 0 bridgehead atoms. The summed E-state index contributed by atoms with van der Waals surface area (Å²) in [6, 6.07) is -1.37. The lowest BCUT2D eigenvalue weighted by Crippen LogP contribution is -2.62. The molecule has 0 aliphatic carbocycles. The van der Waals surface area contributed by atoms with E-state index in [9.17, 15) is 45.1 Å². The van der Waals surface area contributed by atoms with Gasteiger partial charge < -0.3 is 63.8 Å². The van der Waals surface area contributed by atoms with Gasteiger partial charge in [0.05, 0.1) is 46.7 Å². The molecule has 0 radical (unpaired) electrons. The lowest BCUT2D eigenvalue weighted by atomic mass is 9.87. The zero-order valence-corrected chi connectivity index (χ0v) is 42.3. The number of ether oxygens (including phenoxy) is 7. The third-order valence-corrected chi connectivity index (χ3v) is 13.1. The number of phenols is 2. The Morgan fingerprint density at radius 3 is 2.15 bits per heavy atom. The smallest absolute Gasteiger partial charge is 0.336 e. The van der Waals surface area contributed by atoms with Crippen molar-refractivity contribution in [1.29, 1.82) is 0 Å². The number of benzene rings is 1. The number of rotatable bonds is 12. The Morgan fingerprint density at radius 2 is 1.57 bits per heavy atom. The maximum atomic E-state index is 13.6. The standard InChI is InChI=1S/C40H63NO13.C9H8Cl2O3/c1-11-26-20-23(4)29(42)16-14-13-15-27(21-50-39-35(49-10)32(44)34(48-9)25(6)51-39)37(46)52-28(12-2)18-17-22(3)19-24(5)33(26)53-38-30(41-47)31(43)36(45)40(7,8)54-38;1-2-4-5(3-12)8(13)7(11)9(14)6(4)10/h13-15,17,19-20,25-26,28-36,38-39,42-45H,11-12,16,18,21H2,1-10H3;3,13-14H,2H2,1H3/b14-13+,22-17+,23-20+,24-19+,27-15+;. The van der Waals surface area contributed by atoms with Gasteiger partial charge >= 0.3 is 5.97 Å². The molecule has 3 heterocycles. The Morgan fingerprint density at radius 1 is 0.912 bits per heavy atom. The van der Waals surface area contributed by atoms with E-state index in [1.165, 1.54) is 14.2 Å². The molecule has 3 aliphatic rings. The van der Waals surface area contributed by atoms with Gasteiger partial charge in [-0.15, -0.1) is 0 Å². The number of aromatic hydroxyl groups is 2. The average Bonchev–Trinajstić information content (AvgIpc) is 3.30. The van der Waals surface area contributed by atoms with E-state index in [1.807, 2.05) is 52.8 Å². The third kappa shape index (κ3) is 14.7. The van der Waals surface area contributed by atoms with Gasteiger partial charge in [0.25, 0.3) is 0 Å². The van der Waals surface area contributed by atoms with Crippen LogP contribution in [0.3, 0.4) is 0 Å². The molecule has 6 N–H and O–H groups in total. The van der Waals surface area contributed by atoms with Gasteiger partial charge in [-0.05, 0) is 90.0 Å². The average molecular weight is 1000 g/mol. The summed E-state index contributed by atoms with van der Waals surface area (Å²) < 4.78 is 41.3. The number of cyclic esters (lactones) is 1.